The van der Waals surface area contributed by atoms with E-state index in [2.05, 4.69) is 36.4 Å². The molecule has 0 bridgehead atoms. The van der Waals surface area contributed by atoms with Gasteiger partial charge in [0.15, 0.2) is 0 Å². The molecule has 0 aliphatic rings. The fourth-order valence-electron chi connectivity index (χ4n) is 1.41. The number of hydrazone groups is 1. The quantitative estimate of drug-likeness (QED) is 0.674. The summed E-state index contributed by atoms with van der Waals surface area (Å²) >= 11 is 3.36. The molecule has 0 saturated carbocycles. The zero-order valence-corrected chi connectivity index (χ0v) is 12.2. The highest BCUT2D eigenvalue weighted by Crippen LogP contribution is 2.09. The third-order valence-electron chi connectivity index (χ3n) is 2.65. The molecule has 0 fully saturated rings. The molecule has 0 aliphatic heterocycles. The number of aromatic nitrogens is 2. The molecule has 0 aliphatic carbocycles. The van der Waals surface area contributed by atoms with Gasteiger partial charge in [-0.25, -0.2) is 10.4 Å². The van der Waals surface area contributed by atoms with Gasteiger partial charge < -0.3 is 0 Å². The monoisotopic (exact) mass is 320 g/mol. The van der Waals surface area contributed by atoms with Crippen LogP contribution in [0.4, 0.5) is 5.95 Å². The molecule has 1 heterocycles. The van der Waals surface area contributed by atoms with Crippen LogP contribution in [-0.2, 0) is 0 Å². The van der Waals surface area contributed by atoms with Crippen molar-refractivity contribution in [3.05, 3.63) is 55.9 Å². The predicted octanol–water partition coefficient (Wildman–Crippen LogP) is 2.60. The molecule has 1 aromatic carbocycles. The zero-order valence-electron chi connectivity index (χ0n) is 10.6. The predicted molar refractivity (Wildman–Crippen MR) is 79.7 cm³/mol. The molecular formula is C13H13BrN4O. The van der Waals surface area contributed by atoms with Crippen molar-refractivity contribution in [1.29, 1.82) is 0 Å². The topological polar surface area (TPSA) is 70.1 Å². The van der Waals surface area contributed by atoms with E-state index in [9.17, 15) is 4.79 Å². The van der Waals surface area contributed by atoms with Crippen molar-refractivity contribution in [2.45, 2.75) is 13.8 Å². The average Bonchev–Trinajstić information content (AvgIpc) is 2.38. The van der Waals surface area contributed by atoms with E-state index in [4.69, 9.17) is 0 Å². The summed E-state index contributed by atoms with van der Waals surface area (Å²) in [5.74, 6) is 0.335. The summed E-state index contributed by atoms with van der Waals surface area (Å²) in [4.78, 5) is 18.3. The van der Waals surface area contributed by atoms with E-state index in [1.807, 2.05) is 24.3 Å². The van der Waals surface area contributed by atoms with Crippen molar-refractivity contribution < 1.29 is 0 Å². The Kier molecular flexibility index (Phi) is 4.11. The first-order valence-electron chi connectivity index (χ1n) is 5.68. The van der Waals surface area contributed by atoms with Gasteiger partial charge in [0, 0.05) is 15.7 Å². The van der Waals surface area contributed by atoms with Crippen LogP contribution in [0.15, 0.2) is 38.6 Å². The van der Waals surface area contributed by atoms with Crippen LogP contribution in [0, 0.1) is 13.8 Å². The molecule has 5 nitrogen and oxygen atoms in total. The number of aryl methyl sites for hydroxylation is 1. The Hall–Kier alpha value is -1.95. The maximum Gasteiger partial charge on any atom is 0.255 e. The van der Waals surface area contributed by atoms with Crippen LogP contribution in [0.25, 0.3) is 0 Å². The molecule has 0 unspecified atom stereocenters. The average molecular weight is 321 g/mol. The first kappa shape index (κ1) is 13.5. The van der Waals surface area contributed by atoms with Crippen LogP contribution >= 0.6 is 15.9 Å². The number of H-pyrrole nitrogens is 1. The second-order valence-electron chi connectivity index (χ2n) is 4.05. The SMILES string of the molecule is Cc1nc(N/N=C\c2ccc(Br)cc2)[nH]c(=O)c1C. The minimum atomic E-state index is -0.158. The van der Waals surface area contributed by atoms with Gasteiger partial charge in [0.2, 0.25) is 5.95 Å². The van der Waals surface area contributed by atoms with Crippen molar-refractivity contribution in [2.75, 3.05) is 5.43 Å². The molecule has 0 amide bonds. The van der Waals surface area contributed by atoms with Crippen molar-refractivity contribution in [1.82, 2.24) is 9.97 Å². The summed E-state index contributed by atoms with van der Waals surface area (Å²) in [6.45, 7) is 3.52. The molecule has 19 heavy (non-hydrogen) atoms. The molecule has 0 spiro atoms. The smallest absolute Gasteiger partial charge is 0.255 e. The standard InChI is InChI=1S/C13H13BrN4O/c1-8-9(2)16-13(17-12(8)19)18-15-7-10-3-5-11(14)6-4-10/h3-7H,1-2H3,(H2,16,17,18,19)/b15-7-. The number of aromatic amines is 1. The Balaban J connectivity index is 2.10. The molecule has 0 saturated heterocycles. The van der Waals surface area contributed by atoms with Crippen molar-refractivity contribution in [3.63, 3.8) is 0 Å². The largest absolute Gasteiger partial charge is 0.291 e. The molecule has 0 atom stereocenters. The van der Waals surface area contributed by atoms with E-state index < -0.39 is 0 Å². The van der Waals surface area contributed by atoms with Crippen LogP contribution in [-0.4, -0.2) is 16.2 Å². The maximum absolute atomic E-state index is 11.5. The molecule has 2 rings (SSSR count). The highest BCUT2D eigenvalue weighted by atomic mass is 79.9. The Morgan fingerprint density at radius 3 is 2.63 bits per heavy atom. The normalized spacial score (nSPS) is 10.9. The number of halogens is 1. The fraction of sp³-hybridized carbons (Fsp3) is 0.154. The number of benzene rings is 1. The summed E-state index contributed by atoms with van der Waals surface area (Å²) in [5.41, 5.74) is 4.79. The van der Waals surface area contributed by atoms with E-state index in [-0.39, 0.29) is 5.56 Å². The molecule has 1 aromatic heterocycles. The molecular weight excluding hydrogens is 308 g/mol. The summed E-state index contributed by atoms with van der Waals surface area (Å²) < 4.78 is 1.01. The van der Waals surface area contributed by atoms with E-state index in [0.717, 1.165) is 10.0 Å². The third kappa shape index (κ3) is 3.51. The summed E-state index contributed by atoms with van der Waals surface area (Å²) in [5, 5.41) is 4.03. The van der Waals surface area contributed by atoms with Gasteiger partial charge in [-0.05, 0) is 31.5 Å². The first-order chi connectivity index (χ1) is 9.06. The van der Waals surface area contributed by atoms with Crippen LogP contribution in [0.2, 0.25) is 0 Å². The highest BCUT2D eigenvalue weighted by Gasteiger charge is 2.01. The number of nitrogens with zero attached hydrogens (tertiary/aromatic N) is 2. The molecule has 98 valence electrons. The highest BCUT2D eigenvalue weighted by molar-refractivity contribution is 9.10. The lowest BCUT2D eigenvalue weighted by molar-refractivity contribution is 1.01. The molecule has 2 N–H and O–H groups in total. The molecule has 2 aromatic rings. The summed E-state index contributed by atoms with van der Waals surface area (Å²) in [6.07, 6.45) is 1.65. The van der Waals surface area contributed by atoms with Gasteiger partial charge in [-0.3, -0.25) is 9.78 Å². The number of anilines is 1. The van der Waals surface area contributed by atoms with Crippen LogP contribution in [0.5, 0.6) is 0 Å². The van der Waals surface area contributed by atoms with Gasteiger partial charge in [0.05, 0.1) is 6.21 Å². The Bertz CT molecular complexity index is 661. The van der Waals surface area contributed by atoms with Gasteiger partial charge in [-0.1, -0.05) is 28.1 Å². The Labute approximate surface area is 118 Å². The van der Waals surface area contributed by atoms with Gasteiger partial charge >= 0.3 is 0 Å². The number of rotatable bonds is 3. The Morgan fingerprint density at radius 2 is 2.00 bits per heavy atom. The van der Waals surface area contributed by atoms with Crippen molar-refractivity contribution >= 4 is 28.1 Å². The van der Waals surface area contributed by atoms with E-state index in [1.165, 1.54) is 0 Å². The number of hydrogen-bond donors (Lipinski definition) is 2. The van der Waals surface area contributed by atoms with Crippen LogP contribution < -0.4 is 11.0 Å². The lowest BCUT2D eigenvalue weighted by Gasteiger charge is -2.02. The number of nitrogens with one attached hydrogen (secondary N) is 2. The lowest BCUT2D eigenvalue weighted by Crippen LogP contribution is -2.15. The van der Waals surface area contributed by atoms with Gasteiger partial charge in [0.1, 0.15) is 0 Å². The van der Waals surface area contributed by atoms with E-state index in [0.29, 0.717) is 17.2 Å². The minimum Gasteiger partial charge on any atom is -0.291 e. The summed E-state index contributed by atoms with van der Waals surface area (Å²) in [7, 11) is 0. The third-order valence-corrected chi connectivity index (χ3v) is 3.18. The summed E-state index contributed by atoms with van der Waals surface area (Å²) in [6, 6.07) is 7.70. The van der Waals surface area contributed by atoms with Gasteiger partial charge in [-0.15, -0.1) is 0 Å². The second kappa shape index (κ2) is 5.79. The van der Waals surface area contributed by atoms with Crippen LogP contribution in [0.1, 0.15) is 16.8 Å². The first-order valence-corrected chi connectivity index (χ1v) is 6.48. The van der Waals surface area contributed by atoms with Gasteiger partial charge in [-0.2, -0.15) is 5.10 Å². The fourth-order valence-corrected chi connectivity index (χ4v) is 1.68. The van der Waals surface area contributed by atoms with Gasteiger partial charge in [0.25, 0.3) is 5.56 Å². The molecule has 0 radical (unpaired) electrons. The van der Waals surface area contributed by atoms with Crippen molar-refractivity contribution in [2.24, 2.45) is 5.10 Å². The zero-order chi connectivity index (χ0) is 13.8. The Morgan fingerprint density at radius 1 is 1.32 bits per heavy atom. The van der Waals surface area contributed by atoms with Crippen LogP contribution in [0.3, 0.4) is 0 Å². The van der Waals surface area contributed by atoms with Crippen molar-refractivity contribution in [3.8, 4) is 0 Å². The molecule has 6 heteroatoms. The number of hydrogen-bond acceptors (Lipinski definition) is 4. The lowest BCUT2D eigenvalue weighted by atomic mass is 10.2. The van der Waals surface area contributed by atoms with E-state index in [1.54, 1.807) is 20.1 Å². The minimum absolute atomic E-state index is 0.158. The maximum atomic E-state index is 11.5. The van der Waals surface area contributed by atoms with E-state index >= 15 is 0 Å². The second-order valence-corrected chi connectivity index (χ2v) is 4.96.